The van der Waals surface area contributed by atoms with Gasteiger partial charge in [-0.3, -0.25) is 4.79 Å². The molecule has 0 spiro atoms. The van der Waals surface area contributed by atoms with Crippen molar-refractivity contribution in [3.63, 3.8) is 0 Å². The van der Waals surface area contributed by atoms with Crippen LogP contribution < -0.4 is 5.32 Å². The van der Waals surface area contributed by atoms with Crippen LogP contribution in [0.4, 0.5) is 0 Å². The Bertz CT molecular complexity index is 560. The van der Waals surface area contributed by atoms with Gasteiger partial charge in [0.1, 0.15) is 12.3 Å². The second-order valence-corrected chi connectivity index (χ2v) is 5.71. The summed E-state index contributed by atoms with van der Waals surface area (Å²) < 4.78 is 0. The van der Waals surface area contributed by atoms with Gasteiger partial charge in [0.05, 0.1) is 0 Å². The second-order valence-electron chi connectivity index (χ2n) is 5.71. The largest absolute Gasteiger partial charge is 0.384 e. The third kappa shape index (κ3) is 2.83. The first-order chi connectivity index (χ1) is 9.73. The van der Waals surface area contributed by atoms with Crippen LogP contribution in [-0.2, 0) is 0 Å². The van der Waals surface area contributed by atoms with Gasteiger partial charge in [-0.05, 0) is 49.1 Å². The van der Waals surface area contributed by atoms with Crippen molar-refractivity contribution < 1.29 is 9.90 Å². The Kier molecular flexibility index (Phi) is 3.45. The van der Waals surface area contributed by atoms with Crippen LogP contribution in [0, 0.1) is 23.2 Å². The number of aromatic nitrogens is 1. The fraction of sp³-hybridized carbons (Fsp3) is 0.500. The Labute approximate surface area is 118 Å². The van der Waals surface area contributed by atoms with Crippen LogP contribution in [0.15, 0.2) is 18.3 Å². The summed E-state index contributed by atoms with van der Waals surface area (Å²) in [5, 5.41) is 11.6. The van der Waals surface area contributed by atoms with Gasteiger partial charge >= 0.3 is 0 Å². The third-order valence-electron chi connectivity index (χ3n) is 4.24. The minimum atomic E-state index is -0.175. The molecule has 0 atom stereocenters. The molecule has 2 aliphatic rings. The van der Waals surface area contributed by atoms with Gasteiger partial charge in [0, 0.05) is 18.3 Å². The minimum absolute atomic E-state index is 0.112. The number of amides is 1. The van der Waals surface area contributed by atoms with E-state index in [9.17, 15) is 4.79 Å². The molecule has 0 radical (unpaired) electrons. The highest BCUT2D eigenvalue weighted by Gasteiger charge is 2.53. The lowest BCUT2D eigenvalue weighted by Gasteiger charge is -2.14. The molecule has 1 amide bonds. The fourth-order valence-corrected chi connectivity index (χ4v) is 2.68. The van der Waals surface area contributed by atoms with E-state index < -0.39 is 0 Å². The normalized spacial score (nSPS) is 18.9. The van der Waals surface area contributed by atoms with Gasteiger partial charge in [0.2, 0.25) is 0 Å². The van der Waals surface area contributed by atoms with E-state index in [1.165, 1.54) is 25.7 Å². The number of aliphatic hydroxyl groups is 1. The molecule has 1 aromatic heterocycles. The zero-order chi connectivity index (χ0) is 14.0. The first kappa shape index (κ1) is 13.1. The van der Waals surface area contributed by atoms with Crippen LogP contribution in [0.25, 0.3) is 0 Å². The molecule has 2 fully saturated rings. The molecule has 4 nitrogen and oxygen atoms in total. The quantitative estimate of drug-likeness (QED) is 0.812. The van der Waals surface area contributed by atoms with Crippen molar-refractivity contribution in [3.05, 3.63) is 29.6 Å². The highest BCUT2D eigenvalue weighted by atomic mass is 16.2. The maximum Gasteiger partial charge on any atom is 0.269 e. The van der Waals surface area contributed by atoms with Crippen LogP contribution >= 0.6 is 0 Å². The summed E-state index contributed by atoms with van der Waals surface area (Å²) in [6, 6.07) is 3.42. The molecule has 0 bridgehead atoms. The number of nitrogens with one attached hydrogen (secondary N) is 1. The molecule has 2 saturated carbocycles. The lowest BCUT2D eigenvalue weighted by Crippen LogP contribution is -2.31. The molecule has 0 aromatic carbocycles. The van der Waals surface area contributed by atoms with Gasteiger partial charge in [0.15, 0.2) is 0 Å². The van der Waals surface area contributed by atoms with Crippen LogP contribution in [0.5, 0.6) is 0 Å². The standard InChI is InChI=1S/C16H18N2O2/c19-9-1-2-12-3-6-14(17-10-12)15(20)18-11-16(7-8-16)13-4-5-13/h3,6,10,13,19H,4-5,7-9,11H2,(H,18,20). The van der Waals surface area contributed by atoms with Crippen molar-refractivity contribution in [2.45, 2.75) is 25.7 Å². The molecule has 0 unspecified atom stereocenters. The predicted octanol–water partition coefficient (Wildman–Crippen LogP) is 1.35. The molecule has 0 aliphatic heterocycles. The zero-order valence-electron chi connectivity index (χ0n) is 11.4. The van der Waals surface area contributed by atoms with Crippen molar-refractivity contribution in [1.82, 2.24) is 10.3 Å². The SMILES string of the molecule is O=C(NCC1(C2CC2)CC1)c1ccc(C#CCO)cn1. The summed E-state index contributed by atoms with van der Waals surface area (Å²) in [6.45, 7) is 0.607. The zero-order valence-corrected chi connectivity index (χ0v) is 11.4. The van der Waals surface area contributed by atoms with Crippen molar-refractivity contribution in [3.8, 4) is 11.8 Å². The lowest BCUT2D eigenvalue weighted by molar-refractivity contribution is 0.0937. The molecule has 2 N–H and O–H groups in total. The maximum absolute atomic E-state index is 12.0. The average Bonchev–Trinajstić information content (AvgIpc) is 3.36. The van der Waals surface area contributed by atoms with Crippen molar-refractivity contribution in [2.24, 2.45) is 11.3 Å². The molecule has 0 saturated heterocycles. The van der Waals surface area contributed by atoms with E-state index in [2.05, 4.69) is 22.1 Å². The molecule has 1 heterocycles. The van der Waals surface area contributed by atoms with Crippen molar-refractivity contribution in [2.75, 3.05) is 13.2 Å². The number of carbonyl (C=O) groups excluding carboxylic acids is 1. The molecule has 104 valence electrons. The molecule has 3 rings (SSSR count). The molecular weight excluding hydrogens is 252 g/mol. The van der Waals surface area contributed by atoms with Crippen LogP contribution in [0.1, 0.15) is 41.7 Å². The summed E-state index contributed by atoms with van der Waals surface area (Å²) >= 11 is 0. The van der Waals surface area contributed by atoms with Crippen molar-refractivity contribution >= 4 is 5.91 Å². The molecule has 2 aliphatic carbocycles. The van der Waals surface area contributed by atoms with Crippen molar-refractivity contribution in [1.29, 1.82) is 0 Å². The number of hydrogen-bond donors (Lipinski definition) is 2. The lowest BCUT2D eigenvalue weighted by atomic mass is 10.0. The Morgan fingerprint density at radius 2 is 2.25 bits per heavy atom. The van der Waals surface area contributed by atoms with Gasteiger partial charge in [-0.25, -0.2) is 4.98 Å². The monoisotopic (exact) mass is 270 g/mol. The molecule has 1 aromatic rings. The van der Waals surface area contributed by atoms with Gasteiger partial charge in [-0.2, -0.15) is 0 Å². The van der Waals surface area contributed by atoms with E-state index >= 15 is 0 Å². The first-order valence-corrected chi connectivity index (χ1v) is 7.07. The predicted molar refractivity (Wildman–Crippen MR) is 74.9 cm³/mol. The number of aliphatic hydroxyl groups excluding tert-OH is 1. The number of pyridine rings is 1. The highest BCUT2D eigenvalue weighted by Crippen LogP contribution is 2.60. The van der Waals surface area contributed by atoms with Gasteiger partial charge < -0.3 is 10.4 Å². The number of rotatable bonds is 4. The van der Waals surface area contributed by atoms with E-state index in [4.69, 9.17) is 5.11 Å². The summed E-state index contributed by atoms with van der Waals surface area (Å²) in [6.07, 6.45) is 6.71. The van der Waals surface area contributed by atoms with E-state index in [1.54, 1.807) is 18.3 Å². The second kappa shape index (κ2) is 5.26. The van der Waals surface area contributed by atoms with Gasteiger partial charge in [-0.15, -0.1) is 0 Å². The minimum Gasteiger partial charge on any atom is -0.384 e. The Hall–Kier alpha value is -1.86. The molecular formula is C16H18N2O2. The van der Waals surface area contributed by atoms with Gasteiger partial charge in [-0.1, -0.05) is 11.8 Å². The highest BCUT2D eigenvalue weighted by molar-refractivity contribution is 5.92. The van der Waals surface area contributed by atoms with Crippen LogP contribution in [0.2, 0.25) is 0 Å². The van der Waals surface area contributed by atoms with E-state index in [0.717, 1.165) is 12.5 Å². The number of hydrogen-bond acceptors (Lipinski definition) is 3. The summed E-state index contributed by atoms with van der Waals surface area (Å²) in [5.74, 6) is 6.03. The number of nitrogens with zero attached hydrogens (tertiary/aromatic N) is 1. The molecule has 20 heavy (non-hydrogen) atoms. The number of carbonyl (C=O) groups is 1. The van der Waals surface area contributed by atoms with E-state index in [1.807, 2.05) is 0 Å². The first-order valence-electron chi connectivity index (χ1n) is 7.07. The fourth-order valence-electron chi connectivity index (χ4n) is 2.68. The summed E-state index contributed by atoms with van der Waals surface area (Å²) in [7, 11) is 0. The summed E-state index contributed by atoms with van der Waals surface area (Å²) in [5.41, 5.74) is 1.53. The average molecular weight is 270 g/mol. The van der Waals surface area contributed by atoms with E-state index in [-0.39, 0.29) is 12.5 Å². The van der Waals surface area contributed by atoms with Crippen LogP contribution in [0.3, 0.4) is 0 Å². The molecule has 4 heteroatoms. The van der Waals surface area contributed by atoms with E-state index in [0.29, 0.717) is 16.7 Å². The third-order valence-corrected chi connectivity index (χ3v) is 4.24. The van der Waals surface area contributed by atoms with Gasteiger partial charge in [0.25, 0.3) is 5.91 Å². The maximum atomic E-state index is 12.0. The Morgan fingerprint density at radius 1 is 1.45 bits per heavy atom. The smallest absolute Gasteiger partial charge is 0.269 e. The van der Waals surface area contributed by atoms with Crippen LogP contribution in [-0.4, -0.2) is 29.1 Å². The Morgan fingerprint density at radius 3 is 2.80 bits per heavy atom. The topological polar surface area (TPSA) is 62.2 Å². The Balaban J connectivity index is 1.56. The summed E-state index contributed by atoms with van der Waals surface area (Å²) in [4.78, 5) is 16.2.